The molecule has 0 spiro atoms. The standard InChI is InChI=1S/C13H21O4P/c1-6-13(4,5)11-8-9(2)7-10(3)12(11)17-18(14,15)16/h7-8H,6H2,1-5H3,(H2,14,15,16). The van der Waals surface area contributed by atoms with E-state index < -0.39 is 7.82 Å². The molecule has 0 amide bonds. The topological polar surface area (TPSA) is 66.8 Å². The first-order chi connectivity index (χ1) is 8.07. The zero-order chi connectivity index (χ0) is 14.1. The lowest BCUT2D eigenvalue weighted by Crippen LogP contribution is -2.17. The smallest absolute Gasteiger partial charge is 0.404 e. The van der Waals surface area contributed by atoms with Crippen molar-refractivity contribution in [1.82, 2.24) is 0 Å². The van der Waals surface area contributed by atoms with Crippen LogP contribution in [0.1, 0.15) is 43.9 Å². The maximum absolute atomic E-state index is 11.1. The third-order valence-electron chi connectivity index (χ3n) is 3.24. The van der Waals surface area contributed by atoms with Crippen LogP contribution in [-0.2, 0) is 9.98 Å². The highest BCUT2D eigenvalue weighted by Gasteiger charge is 2.28. The van der Waals surface area contributed by atoms with Gasteiger partial charge < -0.3 is 4.52 Å². The molecule has 2 N–H and O–H groups in total. The van der Waals surface area contributed by atoms with E-state index in [0.717, 1.165) is 23.1 Å². The van der Waals surface area contributed by atoms with Crippen LogP contribution in [0.25, 0.3) is 0 Å². The van der Waals surface area contributed by atoms with Gasteiger partial charge in [0.25, 0.3) is 0 Å². The average Bonchev–Trinajstić information content (AvgIpc) is 2.20. The van der Waals surface area contributed by atoms with Crippen LogP contribution >= 0.6 is 7.82 Å². The highest BCUT2D eigenvalue weighted by molar-refractivity contribution is 7.46. The third-order valence-corrected chi connectivity index (χ3v) is 3.66. The summed E-state index contributed by atoms with van der Waals surface area (Å²) in [5, 5.41) is 0. The highest BCUT2D eigenvalue weighted by Crippen LogP contribution is 2.45. The van der Waals surface area contributed by atoms with E-state index in [-0.39, 0.29) is 5.41 Å². The van der Waals surface area contributed by atoms with Gasteiger partial charge in [-0.2, -0.15) is 0 Å². The van der Waals surface area contributed by atoms with Crippen molar-refractivity contribution in [3.05, 3.63) is 28.8 Å². The minimum absolute atomic E-state index is 0.193. The van der Waals surface area contributed by atoms with Crippen LogP contribution in [0.3, 0.4) is 0 Å². The fourth-order valence-electron chi connectivity index (χ4n) is 1.89. The Bertz CT molecular complexity index is 488. The molecule has 0 aliphatic rings. The number of phosphoric acid groups is 1. The fraction of sp³-hybridized carbons (Fsp3) is 0.538. The molecule has 18 heavy (non-hydrogen) atoms. The lowest BCUT2D eigenvalue weighted by atomic mass is 9.80. The van der Waals surface area contributed by atoms with Crippen molar-refractivity contribution in [2.24, 2.45) is 0 Å². The Balaban J connectivity index is 3.44. The average molecular weight is 272 g/mol. The van der Waals surface area contributed by atoms with E-state index in [9.17, 15) is 4.57 Å². The number of rotatable bonds is 4. The lowest BCUT2D eigenvalue weighted by Gasteiger charge is -2.27. The quantitative estimate of drug-likeness (QED) is 0.824. The fourth-order valence-corrected chi connectivity index (χ4v) is 2.37. The predicted molar refractivity (Wildman–Crippen MR) is 71.9 cm³/mol. The van der Waals surface area contributed by atoms with Crippen molar-refractivity contribution in [2.45, 2.75) is 46.5 Å². The van der Waals surface area contributed by atoms with E-state index in [0.29, 0.717) is 5.75 Å². The van der Waals surface area contributed by atoms with E-state index in [1.807, 2.05) is 39.8 Å². The summed E-state index contributed by atoms with van der Waals surface area (Å²) in [4.78, 5) is 18.0. The maximum Gasteiger partial charge on any atom is 0.524 e. The molecule has 0 radical (unpaired) electrons. The van der Waals surface area contributed by atoms with Gasteiger partial charge in [-0.1, -0.05) is 38.5 Å². The summed E-state index contributed by atoms with van der Waals surface area (Å²) in [6, 6.07) is 3.79. The zero-order valence-corrected chi connectivity index (χ0v) is 12.4. The summed E-state index contributed by atoms with van der Waals surface area (Å²) < 4.78 is 16.0. The molecule has 0 unspecified atom stereocenters. The van der Waals surface area contributed by atoms with E-state index >= 15 is 0 Å². The molecule has 0 bridgehead atoms. The van der Waals surface area contributed by atoms with Crippen molar-refractivity contribution in [3.8, 4) is 5.75 Å². The van der Waals surface area contributed by atoms with Crippen molar-refractivity contribution in [2.75, 3.05) is 0 Å². The Morgan fingerprint density at radius 3 is 2.28 bits per heavy atom. The minimum atomic E-state index is -4.54. The second kappa shape index (κ2) is 5.04. The lowest BCUT2D eigenvalue weighted by molar-refractivity contribution is 0.279. The van der Waals surface area contributed by atoms with Crippen LogP contribution in [0.2, 0.25) is 0 Å². The van der Waals surface area contributed by atoms with Gasteiger partial charge >= 0.3 is 7.82 Å². The van der Waals surface area contributed by atoms with E-state index in [4.69, 9.17) is 14.3 Å². The van der Waals surface area contributed by atoms with Gasteiger partial charge in [0.05, 0.1) is 0 Å². The van der Waals surface area contributed by atoms with E-state index in [1.165, 1.54) is 0 Å². The van der Waals surface area contributed by atoms with Crippen LogP contribution in [0.15, 0.2) is 12.1 Å². The van der Waals surface area contributed by atoms with E-state index in [2.05, 4.69) is 0 Å². The molecule has 0 saturated heterocycles. The minimum Gasteiger partial charge on any atom is -0.404 e. The molecule has 0 fully saturated rings. The molecule has 0 heterocycles. The molecule has 1 rings (SSSR count). The summed E-state index contributed by atoms with van der Waals surface area (Å²) in [6.45, 7) is 9.87. The van der Waals surface area contributed by atoms with Gasteiger partial charge in [-0.05, 0) is 31.2 Å². The van der Waals surface area contributed by atoms with Crippen LogP contribution in [0.4, 0.5) is 0 Å². The number of benzene rings is 1. The number of aryl methyl sites for hydroxylation is 2. The van der Waals surface area contributed by atoms with Crippen molar-refractivity contribution >= 4 is 7.82 Å². The molecule has 0 saturated carbocycles. The molecular formula is C13H21O4P. The summed E-state index contributed by atoms with van der Waals surface area (Å²) in [6.07, 6.45) is 0.855. The molecule has 0 atom stereocenters. The number of hydrogen-bond acceptors (Lipinski definition) is 2. The predicted octanol–water partition coefficient (Wildman–Crippen LogP) is 3.46. The Morgan fingerprint density at radius 2 is 1.83 bits per heavy atom. The van der Waals surface area contributed by atoms with Gasteiger partial charge in [0.2, 0.25) is 0 Å². The third kappa shape index (κ3) is 3.58. The van der Waals surface area contributed by atoms with Gasteiger partial charge in [0.1, 0.15) is 5.75 Å². The number of phosphoric ester groups is 1. The summed E-state index contributed by atoms with van der Waals surface area (Å²) in [5.74, 6) is 0.306. The maximum atomic E-state index is 11.1. The van der Waals surface area contributed by atoms with Gasteiger partial charge in [0.15, 0.2) is 0 Å². The summed E-state index contributed by atoms with van der Waals surface area (Å²) in [5.41, 5.74) is 2.45. The van der Waals surface area contributed by atoms with E-state index in [1.54, 1.807) is 6.92 Å². The molecule has 5 heteroatoms. The second-order valence-electron chi connectivity index (χ2n) is 5.28. The Hall–Kier alpha value is -0.830. The van der Waals surface area contributed by atoms with Crippen LogP contribution < -0.4 is 4.52 Å². The SMILES string of the molecule is CCC(C)(C)c1cc(C)cc(C)c1OP(=O)(O)O. The van der Waals surface area contributed by atoms with Crippen molar-refractivity contribution in [1.29, 1.82) is 0 Å². The Kier molecular flexibility index (Phi) is 4.26. The molecule has 0 aromatic heterocycles. The number of hydrogen-bond donors (Lipinski definition) is 2. The highest BCUT2D eigenvalue weighted by atomic mass is 31.2. The van der Waals surface area contributed by atoms with Gasteiger partial charge in [-0.3, -0.25) is 9.79 Å². The van der Waals surface area contributed by atoms with Gasteiger partial charge in [0, 0.05) is 5.56 Å². The molecule has 0 aliphatic carbocycles. The molecular weight excluding hydrogens is 251 g/mol. The zero-order valence-electron chi connectivity index (χ0n) is 11.5. The summed E-state index contributed by atoms with van der Waals surface area (Å²) in [7, 11) is -4.54. The molecule has 1 aromatic carbocycles. The largest absolute Gasteiger partial charge is 0.524 e. The monoisotopic (exact) mass is 272 g/mol. The van der Waals surface area contributed by atoms with Gasteiger partial charge in [-0.25, -0.2) is 4.57 Å². The first-order valence-electron chi connectivity index (χ1n) is 5.93. The molecule has 4 nitrogen and oxygen atoms in total. The van der Waals surface area contributed by atoms with Crippen molar-refractivity contribution < 1.29 is 18.9 Å². The second-order valence-corrected chi connectivity index (χ2v) is 6.44. The Morgan fingerprint density at radius 1 is 1.28 bits per heavy atom. The summed E-state index contributed by atoms with van der Waals surface area (Å²) >= 11 is 0. The van der Waals surface area contributed by atoms with Crippen LogP contribution in [-0.4, -0.2) is 9.79 Å². The molecule has 102 valence electrons. The van der Waals surface area contributed by atoms with Crippen LogP contribution in [0.5, 0.6) is 5.75 Å². The normalized spacial score (nSPS) is 12.6. The van der Waals surface area contributed by atoms with Gasteiger partial charge in [-0.15, -0.1) is 0 Å². The molecule has 0 aliphatic heterocycles. The first-order valence-corrected chi connectivity index (χ1v) is 7.46. The first kappa shape index (κ1) is 15.2. The van der Waals surface area contributed by atoms with Crippen LogP contribution in [0, 0.1) is 13.8 Å². The Labute approximate surface area is 108 Å². The molecule has 1 aromatic rings. The van der Waals surface area contributed by atoms with Crippen molar-refractivity contribution in [3.63, 3.8) is 0 Å².